The highest BCUT2D eigenvalue weighted by atomic mass is 127. The maximum atomic E-state index is 12.4. The number of hydrogen-bond acceptors (Lipinski definition) is 3. The maximum absolute atomic E-state index is 12.4. The molecule has 2 aliphatic rings. The highest BCUT2D eigenvalue weighted by molar-refractivity contribution is 14.0. The summed E-state index contributed by atoms with van der Waals surface area (Å²) in [5.41, 5.74) is 1.91. The minimum absolute atomic E-state index is 0. The van der Waals surface area contributed by atoms with E-state index in [1.807, 2.05) is 43.0 Å². The van der Waals surface area contributed by atoms with Crippen molar-refractivity contribution in [3.8, 4) is 0 Å². The van der Waals surface area contributed by atoms with Crippen LogP contribution in [0.4, 0.5) is 5.69 Å². The first kappa shape index (κ1) is 25.4. The molecule has 1 aliphatic carbocycles. The van der Waals surface area contributed by atoms with Crippen molar-refractivity contribution >= 4 is 47.4 Å². The molecule has 1 saturated heterocycles. The first-order valence-electron chi connectivity index (χ1n) is 11.1. The van der Waals surface area contributed by atoms with E-state index < -0.39 is 0 Å². The highest BCUT2D eigenvalue weighted by Crippen LogP contribution is 2.26. The Morgan fingerprint density at radius 1 is 1.19 bits per heavy atom. The molecule has 2 amide bonds. The average Bonchev–Trinajstić information content (AvgIpc) is 3.43. The highest BCUT2D eigenvalue weighted by Gasteiger charge is 2.28. The van der Waals surface area contributed by atoms with Crippen LogP contribution in [0.25, 0.3) is 0 Å². The van der Waals surface area contributed by atoms with Gasteiger partial charge in [-0.05, 0) is 37.0 Å². The smallest absolute Gasteiger partial charge is 0.227 e. The van der Waals surface area contributed by atoms with E-state index in [1.54, 1.807) is 7.05 Å². The van der Waals surface area contributed by atoms with Gasteiger partial charge in [-0.2, -0.15) is 0 Å². The number of hydrogen-bond donors (Lipinski definition) is 3. The van der Waals surface area contributed by atoms with Gasteiger partial charge >= 0.3 is 0 Å². The molecule has 1 aromatic carbocycles. The van der Waals surface area contributed by atoms with Gasteiger partial charge in [-0.25, -0.2) is 0 Å². The largest absolute Gasteiger partial charge is 0.352 e. The van der Waals surface area contributed by atoms with Gasteiger partial charge in [0.15, 0.2) is 5.96 Å². The predicted octanol–water partition coefficient (Wildman–Crippen LogP) is 3.36. The molecule has 0 bridgehead atoms. The number of likely N-dealkylation sites (tertiary alicyclic amines) is 1. The zero-order valence-corrected chi connectivity index (χ0v) is 21.1. The quantitative estimate of drug-likeness (QED) is 0.293. The molecule has 31 heavy (non-hydrogen) atoms. The summed E-state index contributed by atoms with van der Waals surface area (Å²) in [6.07, 6.45) is 5.21. The van der Waals surface area contributed by atoms with Crippen molar-refractivity contribution in [2.24, 2.45) is 16.8 Å². The summed E-state index contributed by atoms with van der Waals surface area (Å²) < 4.78 is 0. The van der Waals surface area contributed by atoms with E-state index in [4.69, 9.17) is 0 Å². The van der Waals surface area contributed by atoms with Crippen LogP contribution in [0.2, 0.25) is 0 Å². The summed E-state index contributed by atoms with van der Waals surface area (Å²) in [5.74, 6) is 1.25. The number of benzene rings is 1. The Bertz CT molecular complexity index is 777. The third kappa shape index (κ3) is 7.36. The summed E-state index contributed by atoms with van der Waals surface area (Å²) in [7, 11) is 1.75. The van der Waals surface area contributed by atoms with Crippen LogP contribution in [-0.2, 0) is 16.1 Å². The van der Waals surface area contributed by atoms with E-state index in [1.165, 1.54) is 0 Å². The molecule has 1 heterocycles. The third-order valence-electron chi connectivity index (χ3n) is 5.94. The summed E-state index contributed by atoms with van der Waals surface area (Å²) in [5, 5.41) is 9.82. The Kier molecular flexibility index (Phi) is 10.1. The van der Waals surface area contributed by atoms with Gasteiger partial charge in [0.25, 0.3) is 0 Å². The van der Waals surface area contributed by atoms with Gasteiger partial charge in [0.05, 0.1) is 0 Å². The number of nitrogens with one attached hydrogen (secondary N) is 3. The first-order valence-corrected chi connectivity index (χ1v) is 11.1. The summed E-state index contributed by atoms with van der Waals surface area (Å²) in [4.78, 5) is 30.8. The molecule has 1 aliphatic heterocycles. The lowest BCUT2D eigenvalue weighted by atomic mass is 10.1. The van der Waals surface area contributed by atoms with E-state index in [9.17, 15) is 9.59 Å². The molecule has 1 atom stereocenters. The lowest BCUT2D eigenvalue weighted by Crippen LogP contribution is -2.45. The zero-order chi connectivity index (χ0) is 21.5. The number of aliphatic imine (C=N–C) groups is 1. The molecule has 3 N–H and O–H groups in total. The molecule has 0 aromatic heterocycles. The second-order valence-electron chi connectivity index (χ2n) is 8.67. The lowest BCUT2D eigenvalue weighted by Gasteiger charge is -2.20. The van der Waals surface area contributed by atoms with Crippen LogP contribution in [0.3, 0.4) is 0 Å². The van der Waals surface area contributed by atoms with Gasteiger partial charge in [-0.3, -0.25) is 14.6 Å². The van der Waals surface area contributed by atoms with E-state index >= 15 is 0 Å². The standard InChI is InChI=1S/C23H35N5O2.HI/c1-16(2)22(30)28-12-11-20(15-28)27-23(24-3)25-14-17-7-6-10-19(13-17)26-21(29)18-8-4-5-9-18;/h6-7,10,13,16,18,20H,4-5,8-9,11-12,14-15H2,1-3H3,(H,26,29)(H2,24,25,27);1H. The summed E-state index contributed by atoms with van der Waals surface area (Å²) in [6, 6.07) is 8.14. The summed E-state index contributed by atoms with van der Waals surface area (Å²) >= 11 is 0. The van der Waals surface area contributed by atoms with Crippen LogP contribution in [0, 0.1) is 11.8 Å². The van der Waals surface area contributed by atoms with Gasteiger partial charge in [-0.1, -0.05) is 38.8 Å². The zero-order valence-electron chi connectivity index (χ0n) is 18.8. The number of carbonyl (C=O) groups is 2. The molecule has 1 unspecified atom stereocenters. The maximum Gasteiger partial charge on any atom is 0.227 e. The normalized spacial score (nSPS) is 19.3. The summed E-state index contributed by atoms with van der Waals surface area (Å²) in [6.45, 7) is 5.98. The Hall–Kier alpha value is -1.84. The predicted molar refractivity (Wildman–Crippen MR) is 136 cm³/mol. The Morgan fingerprint density at radius 3 is 2.61 bits per heavy atom. The number of nitrogens with zero attached hydrogens (tertiary/aromatic N) is 2. The van der Waals surface area contributed by atoms with E-state index in [0.717, 1.165) is 55.9 Å². The third-order valence-corrected chi connectivity index (χ3v) is 5.94. The molecule has 8 heteroatoms. The second-order valence-corrected chi connectivity index (χ2v) is 8.67. The van der Waals surface area contributed by atoms with Crippen molar-refractivity contribution in [3.63, 3.8) is 0 Å². The lowest BCUT2D eigenvalue weighted by molar-refractivity contribution is -0.133. The number of guanidine groups is 1. The Balaban J connectivity index is 0.00000341. The van der Waals surface area contributed by atoms with Crippen molar-refractivity contribution in [2.45, 2.75) is 58.5 Å². The Morgan fingerprint density at radius 2 is 1.94 bits per heavy atom. The molecule has 2 fully saturated rings. The molecule has 1 saturated carbocycles. The van der Waals surface area contributed by atoms with Crippen molar-refractivity contribution in [2.75, 3.05) is 25.5 Å². The van der Waals surface area contributed by atoms with Crippen molar-refractivity contribution in [1.29, 1.82) is 0 Å². The number of halogens is 1. The fraction of sp³-hybridized carbons (Fsp3) is 0.609. The monoisotopic (exact) mass is 541 g/mol. The van der Waals surface area contributed by atoms with E-state index in [0.29, 0.717) is 13.1 Å². The molecule has 172 valence electrons. The van der Waals surface area contributed by atoms with Crippen LogP contribution >= 0.6 is 24.0 Å². The molecular weight excluding hydrogens is 505 g/mol. The van der Waals surface area contributed by atoms with Crippen LogP contribution in [0.5, 0.6) is 0 Å². The van der Waals surface area contributed by atoms with Crippen LogP contribution in [0.15, 0.2) is 29.3 Å². The minimum Gasteiger partial charge on any atom is -0.352 e. The SMILES string of the molecule is CN=C(NCc1cccc(NC(=O)C2CCCC2)c1)NC1CCN(C(=O)C(C)C)C1.I. The van der Waals surface area contributed by atoms with Gasteiger partial charge in [0.1, 0.15) is 0 Å². The van der Waals surface area contributed by atoms with E-state index in [-0.39, 0.29) is 53.7 Å². The fourth-order valence-corrected chi connectivity index (χ4v) is 4.21. The first-order chi connectivity index (χ1) is 14.5. The molecule has 3 rings (SSSR count). The average molecular weight is 541 g/mol. The van der Waals surface area contributed by atoms with Crippen molar-refractivity contribution in [1.82, 2.24) is 15.5 Å². The molecule has 0 radical (unpaired) electrons. The topological polar surface area (TPSA) is 85.8 Å². The number of rotatable bonds is 6. The van der Waals surface area contributed by atoms with E-state index in [2.05, 4.69) is 20.9 Å². The fourth-order valence-electron chi connectivity index (χ4n) is 4.21. The van der Waals surface area contributed by atoms with Crippen LogP contribution < -0.4 is 16.0 Å². The number of amides is 2. The van der Waals surface area contributed by atoms with Gasteiger partial charge in [0.2, 0.25) is 11.8 Å². The minimum atomic E-state index is 0. The van der Waals surface area contributed by atoms with Crippen molar-refractivity contribution < 1.29 is 9.59 Å². The second kappa shape index (κ2) is 12.3. The van der Waals surface area contributed by atoms with Crippen LogP contribution in [-0.4, -0.2) is 48.9 Å². The van der Waals surface area contributed by atoms with Crippen molar-refractivity contribution in [3.05, 3.63) is 29.8 Å². The Labute approximate surface area is 202 Å². The number of anilines is 1. The molecular formula is C23H36IN5O2. The molecule has 1 aromatic rings. The van der Waals surface area contributed by atoms with Gasteiger partial charge < -0.3 is 20.9 Å². The van der Waals surface area contributed by atoms with Crippen LogP contribution in [0.1, 0.15) is 51.5 Å². The molecule has 7 nitrogen and oxygen atoms in total. The number of carbonyl (C=O) groups excluding carboxylic acids is 2. The molecule has 0 spiro atoms. The van der Waals surface area contributed by atoms with Gasteiger partial charge in [0, 0.05) is 50.2 Å². The van der Waals surface area contributed by atoms with Gasteiger partial charge in [-0.15, -0.1) is 24.0 Å².